The molecule has 6 heteroatoms. The highest BCUT2D eigenvalue weighted by Crippen LogP contribution is 2.15. The number of carbonyl (C=O) groups is 1. The number of hydrogen-bond acceptors (Lipinski definition) is 4. The van der Waals surface area contributed by atoms with Gasteiger partial charge in [-0.2, -0.15) is 0 Å². The second kappa shape index (κ2) is 6.85. The molecule has 0 N–H and O–H groups in total. The molecule has 0 aliphatic carbocycles. The summed E-state index contributed by atoms with van der Waals surface area (Å²) in [5, 5.41) is 0. The maximum Gasteiger partial charge on any atom is 0.272 e. The smallest absolute Gasteiger partial charge is 0.272 e. The fourth-order valence-corrected chi connectivity index (χ4v) is 3.24. The normalized spacial score (nSPS) is 23.5. The lowest BCUT2D eigenvalue weighted by Gasteiger charge is -2.35. The predicted molar refractivity (Wildman–Crippen MR) is 83.3 cm³/mol. The molecule has 2 fully saturated rings. The van der Waals surface area contributed by atoms with Crippen molar-refractivity contribution in [3.8, 4) is 0 Å². The molecule has 21 heavy (non-hydrogen) atoms. The molecule has 0 bridgehead atoms. The topological polar surface area (TPSA) is 45.7 Å². The zero-order valence-electron chi connectivity index (χ0n) is 12.0. The molecular weight excluding hydrogens is 334 g/mol. The van der Waals surface area contributed by atoms with Gasteiger partial charge in [0, 0.05) is 39.3 Å². The lowest BCUT2D eigenvalue weighted by Crippen LogP contribution is -2.50. The second-order valence-corrected chi connectivity index (χ2v) is 6.39. The Morgan fingerprint density at radius 1 is 1.33 bits per heavy atom. The van der Waals surface area contributed by atoms with Gasteiger partial charge in [-0.25, -0.2) is 4.98 Å². The van der Waals surface area contributed by atoms with Gasteiger partial charge in [0.15, 0.2) is 0 Å². The molecule has 1 aromatic rings. The van der Waals surface area contributed by atoms with E-state index in [1.165, 1.54) is 12.8 Å². The number of piperazine rings is 1. The number of nitrogens with zero attached hydrogens (tertiary/aromatic N) is 3. The van der Waals surface area contributed by atoms with Crippen LogP contribution in [-0.4, -0.2) is 66.1 Å². The summed E-state index contributed by atoms with van der Waals surface area (Å²) in [6.07, 6.45) is 2.73. The zero-order valence-corrected chi connectivity index (χ0v) is 13.6. The third-order valence-corrected chi connectivity index (χ3v) is 4.52. The molecule has 3 heterocycles. The van der Waals surface area contributed by atoms with Gasteiger partial charge < -0.3 is 9.64 Å². The molecule has 1 aromatic heterocycles. The van der Waals surface area contributed by atoms with E-state index in [0.717, 1.165) is 39.3 Å². The summed E-state index contributed by atoms with van der Waals surface area (Å²) in [6.45, 7) is 5.26. The lowest BCUT2D eigenvalue weighted by atomic mass is 10.2. The molecule has 2 saturated heterocycles. The number of rotatable bonds is 3. The van der Waals surface area contributed by atoms with Crippen LogP contribution in [0, 0.1) is 0 Å². The van der Waals surface area contributed by atoms with Crippen LogP contribution < -0.4 is 0 Å². The molecule has 3 rings (SSSR count). The van der Waals surface area contributed by atoms with Crippen molar-refractivity contribution in [2.24, 2.45) is 0 Å². The van der Waals surface area contributed by atoms with E-state index in [-0.39, 0.29) is 5.91 Å². The van der Waals surface area contributed by atoms with Crippen LogP contribution >= 0.6 is 15.9 Å². The minimum Gasteiger partial charge on any atom is -0.377 e. The maximum atomic E-state index is 12.4. The number of carbonyl (C=O) groups excluding carboxylic acids is 1. The summed E-state index contributed by atoms with van der Waals surface area (Å²) < 4.78 is 6.37. The third-order valence-electron chi connectivity index (χ3n) is 4.08. The van der Waals surface area contributed by atoms with Crippen LogP contribution in [0.25, 0.3) is 0 Å². The molecule has 0 spiro atoms. The SMILES string of the molecule is O=C(c1cccc(Br)n1)N1CCN(CC2CCCO2)CC1. The molecule has 0 saturated carbocycles. The molecule has 1 unspecified atom stereocenters. The van der Waals surface area contributed by atoms with Crippen LogP contribution in [0.2, 0.25) is 0 Å². The van der Waals surface area contributed by atoms with Crippen LogP contribution in [0.4, 0.5) is 0 Å². The first-order valence-corrected chi connectivity index (χ1v) is 8.27. The van der Waals surface area contributed by atoms with Crippen molar-refractivity contribution < 1.29 is 9.53 Å². The van der Waals surface area contributed by atoms with Crippen molar-refractivity contribution in [2.45, 2.75) is 18.9 Å². The van der Waals surface area contributed by atoms with Crippen LogP contribution in [-0.2, 0) is 4.74 Å². The van der Waals surface area contributed by atoms with Crippen LogP contribution in [0.1, 0.15) is 23.3 Å². The summed E-state index contributed by atoms with van der Waals surface area (Å²) in [6, 6.07) is 5.44. The highest BCUT2D eigenvalue weighted by Gasteiger charge is 2.25. The quantitative estimate of drug-likeness (QED) is 0.777. The fourth-order valence-electron chi connectivity index (χ4n) is 2.90. The first kappa shape index (κ1) is 14.9. The van der Waals surface area contributed by atoms with Crippen molar-refractivity contribution >= 4 is 21.8 Å². The number of amides is 1. The van der Waals surface area contributed by atoms with Crippen molar-refractivity contribution in [3.05, 3.63) is 28.5 Å². The van der Waals surface area contributed by atoms with E-state index in [4.69, 9.17) is 4.74 Å². The van der Waals surface area contributed by atoms with Gasteiger partial charge in [-0.05, 0) is 40.9 Å². The monoisotopic (exact) mass is 353 g/mol. The van der Waals surface area contributed by atoms with E-state index < -0.39 is 0 Å². The molecule has 0 radical (unpaired) electrons. The van der Waals surface area contributed by atoms with Crippen LogP contribution in [0.3, 0.4) is 0 Å². The van der Waals surface area contributed by atoms with Gasteiger partial charge in [0.1, 0.15) is 10.3 Å². The van der Waals surface area contributed by atoms with Crippen molar-refractivity contribution in [1.29, 1.82) is 0 Å². The third kappa shape index (κ3) is 3.81. The van der Waals surface area contributed by atoms with E-state index in [9.17, 15) is 4.79 Å². The van der Waals surface area contributed by atoms with E-state index in [1.54, 1.807) is 6.07 Å². The minimum atomic E-state index is 0.0214. The first-order chi connectivity index (χ1) is 10.2. The number of aromatic nitrogens is 1. The molecule has 2 aliphatic rings. The Kier molecular flexibility index (Phi) is 4.87. The Hall–Kier alpha value is -0.980. The summed E-state index contributed by atoms with van der Waals surface area (Å²) in [5.74, 6) is 0.0214. The molecule has 2 aliphatic heterocycles. The average molecular weight is 354 g/mol. The molecule has 1 atom stereocenters. The zero-order chi connectivity index (χ0) is 14.7. The fraction of sp³-hybridized carbons (Fsp3) is 0.600. The van der Waals surface area contributed by atoms with Gasteiger partial charge in [-0.1, -0.05) is 6.07 Å². The molecule has 0 aromatic carbocycles. The Morgan fingerprint density at radius 3 is 2.81 bits per heavy atom. The molecule has 114 valence electrons. The molecule has 5 nitrogen and oxygen atoms in total. The molecule has 1 amide bonds. The van der Waals surface area contributed by atoms with E-state index in [1.807, 2.05) is 17.0 Å². The standard InChI is InChI=1S/C15H20BrN3O2/c16-14-5-1-4-13(17-14)15(20)19-8-6-18(7-9-19)11-12-3-2-10-21-12/h1,4-5,12H,2-3,6-11H2. The minimum absolute atomic E-state index is 0.0214. The maximum absolute atomic E-state index is 12.4. The Bertz CT molecular complexity index is 497. The van der Waals surface area contributed by atoms with Crippen molar-refractivity contribution in [3.63, 3.8) is 0 Å². The van der Waals surface area contributed by atoms with Gasteiger partial charge >= 0.3 is 0 Å². The summed E-state index contributed by atoms with van der Waals surface area (Å²) >= 11 is 3.31. The lowest BCUT2D eigenvalue weighted by molar-refractivity contribution is 0.0429. The summed E-state index contributed by atoms with van der Waals surface area (Å²) in [4.78, 5) is 20.9. The Balaban J connectivity index is 1.52. The average Bonchev–Trinajstić information content (AvgIpc) is 3.00. The second-order valence-electron chi connectivity index (χ2n) is 5.57. The number of halogens is 1. The Morgan fingerprint density at radius 2 is 2.14 bits per heavy atom. The number of ether oxygens (including phenoxy) is 1. The van der Waals surface area contributed by atoms with Gasteiger partial charge in [-0.15, -0.1) is 0 Å². The molecular formula is C15H20BrN3O2. The first-order valence-electron chi connectivity index (χ1n) is 7.48. The van der Waals surface area contributed by atoms with Crippen LogP contribution in [0.15, 0.2) is 22.8 Å². The van der Waals surface area contributed by atoms with E-state index >= 15 is 0 Å². The number of hydrogen-bond donors (Lipinski definition) is 0. The summed E-state index contributed by atoms with van der Waals surface area (Å²) in [7, 11) is 0. The largest absolute Gasteiger partial charge is 0.377 e. The highest BCUT2D eigenvalue weighted by molar-refractivity contribution is 9.10. The van der Waals surface area contributed by atoms with E-state index in [2.05, 4.69) is 25.8 Å². The van der Waals surface area contributed by atoms with E-state index in [0.29, 0.717) is 16.4 Å². The van der Waals surface area contributed by atoms with Gasteiger partial charge in [0.2, 0.25) is 0 Å². The van der Waals surface area contributed by atoms with Crippen molar-refractivity contribution in [2.75, 3.05) is 39.3 Å². The van der Waals surface area contributed by atoms with Gasteiger partial charge in [-0.3, -0.25) is 9.69 Å². The Labute approximate surface area is 133 Å². The van der Waals surface area contributed by atoms with Crippen molar-refractivity contribution in [1.82, 2.24) is 14.8 Å². The van der Waals surface area contributed by atoms with Gasteiger partial charge in [0.25, 0.3) is 5.91 Å². The predicted octanol–water partition coefficient (Wildman–Crippen LogP) is 1.78. The number of pyridine rings is 1. The highest BCUT2D eigenvalue weighted by atomic mass is 79.9. The van der Waals surface area contributed by atoms with Crippen LogP contribution in [0.5, 0.6) is 0 Å². The summed E-state index contributed by atoms with van der Waals surface area (Å²) in [5.41, 5.74) is 0.511. The van der Waals surface area contributed by atoms with Gasteiger partial charge in [0.05, 0.1) is 6.10 Å².